The Labute approximate surface area is 127 Å². The number of para-hydroxylation sites is 1. The Morgan fingerprint density at radius 2 is 2.00 bits per heavy atom. The number of rotatable bonds is 8. The first-order valence-electron chi connectivity index (χ1n) is 8.04. The van der Waals surface area contributed by atoms with E-state index in [0.29, 0.717) is 6.54 Å². The quantitative estimate of drug-likeness (QED) is 0.728. The number of nitrogens with one attached hydrogen (secondary N) is 1. The van der Waals surface area contributed by atoms with Gasteiger partial charge in [-0.1, -0.05) is 50.8 Å². The molecule has 2 rings (SSSR count). The zero-order chi connectivity index (χ0) is 15.1. The number of nitrogens with zero attached hydrogens (tertiary/aromatic N) is 1. The van der Waals surface area contributed by atoms with E-state index < -0.39 is 0 Å². The van der Waals surface area contributed by atoms with Gasteiger partial charge in [-0.05, 0) is 30.9 Å². The van der Waals surface area contributed by atoms with Gasteiger partial charge in [0.2, 0.25) is 5.91 Å². The van der Waals surface area contributed by atoms with Crippen molar-refractivity contribution in [1.29, 1.82) is 0 Å². The highest BCUT2D eigenvalue weighted by Crippen LogP contribution is 2.14. The molecule has 0 aliphatic rings. The summed E-state index contributed by atoms with van der Waals surface area (Å²) in [7, 11) is 0. The van der Waals surface area contributed by atoms with Crippen molar-refractivity contribution in [3.63, 3.8) is 0 Å². The summed E-state index contributed by atoms with van der Waals surface area (Å²) in [5.41, 5.74) is 1.11. The van der Waals surface area contributed by atoms with E-state index in [1.54, 1.807) is 0 Å². The lowest BCUT2D eigenvalue weighted by Gasteiger charge is -2.14. The third-order valence-electron chi connectivity index (χ3n) is 3.89. The Balaban J connectivity index is 1.81. The fraction of sp³-hybridized carbons (Fsp3) is 0.500. The van der Waals surface area contributed by atoms with Crippen LogP contribution in [0, 0.1) is 0 Å². The third kappa shape index (κ3) is 4.62. The SMILES string of the molecule is CCCCCC[C@H](C)NC(=O)Cn1ccc2ccccc21. The highest BCUT2D eigenvalue weighted by atomic mass is 16.2. The minimum atomic E-state index is 0.0966. The minimum Gasteiger partial charge on any atom is -0.352 e. The van der Waals surface area contributed by atoms with Gasteiger partial charge in [0.25, 0.3) is 0 Å². The molecule has 2 aromatic rings. The Kier molecular flexibility index (Phi) is 5.85. The van der Waals surface area contributed by atoms with Crippen LogP contribution in [0.1, 0.15) is 46.0 Å². The number of hydrogen-bond donors (Lipinski definition) is 1. The van der Waals surface area contributed by atoms with Crippen molar-refractivity contribution in [2.45, 2.75) is 58.5 Å². The molecule has 0 unspecified atom stereocenters. The largest absolute Gasteiger partial charge is 0.352 e. The normalized spacial score (nSPS) is 12.5. The summed E-state index contributed by atoms with van der Waals surface area (Å²) in [6.45, 7) is 4.71. The van der Waals surface area contributed by atoms with Gasteiger partial charge in [0.1, 0.15) is 6.54 Å². The maximum Gasteiger partial charge on any atom is 0.240 e. The number of aromatic nitrogens is 1. The Morgan fingerprint density at radius 1 is 1.19 bits per heavy atom. The number of carbonyl (C=O) groups excluding carboxylic acids is 1. The second-order valence-electron chi connectivity index (χ2n) is 5.82. The number of carbonyl (C=O) groups is 1. The van der Waals surface area contributed by atoms with Crippen LogP contribution in [0.4, 0.5) is 0 Å². The van der Waals surface area contributed by atoms with E-state index >= 15 is 0 Å². The van der Waals surface area contributed by atoms with Crippen molar-refractivity contribution in [1.82, 2.24) is 9.88 Å². The number of benzene rings is 1. The maximum atomic E-state index is 12.1. The molecular weight excluding hydrogens is 260 g/mol. The van der Waals surface area contributed by atoms with Gasteiger partial charge < -0.3 is 9.88 Å². The van der Waals surface area contributed by atoms with Crippen LogP contribution in [-0.4, -0.2) is 16.5 Å². The Bertz CT molecular complexity index is 573. The predicted molar refractivity (Wildman–Crippen MR) is 88.3 cm³/mol. The van der Waals surface area contributed by atoms with Crippen LogP contribution in [0.3, 0.4) is 0 Å². The molecule has 0 aliphatic heterocycles. The van der Waals surface area contributed by atoms with Crippen LogP contribution >= 0.6 is 0 Å². The lowest BCUT2D eigenvalue weighted by atomic mass is 10.1. The average molecular weight is 286 g/mol. The molecule has 1 atom stereocenters. The molecule has 1 aromatic heterocycles. The summed E-state index contributed by atoms with van der Waals surface area (Å²) in [6, 6.07) is 10.5. The molecule has 0 aliphatic carbocycles. The number of fused-ring (bicyclic) bond motifs is 1. The zero-order valence-corrected chi connectivity index (χ0v) is 13.1. The fourth-order valence-corrected chi connectivity index (χ4v) is 2.70. The molecule has 0 spiro atoms. The number of unbranched alkanes of at least 4 members (excludes halogenated alkanes) is 3. The lowest BCUT2D eigenvalue weighted by Crippen LogP contribution is -2.34. The molecule has 0 fully saturated rings. The molecule has 1 aromatic carbocycles. The summed E-state index contributed by atoms with van der Waals surface area (Å²) >= 11 is 0. The van der Waals surface area contributed by atoms with Gasteiger partial charge >= 0.3 is 0 Å². The van der Waals surface area contributed by atoms with E-state index in [1.807, 2.05) is 22.9 Å². The van der Waals surface area contributed by atoms with Gasteiger partial charge in [-0.3, -0.25) is 4.79 Å². The summed E-state index contributed by atoms with van der Waals surface area (Å²) in [4.78, 5) is 12.1. The van der Waals surface area contributed by atoms with Crippen molar-refractivity contribution in [3.05, 3.63) is 36.5 Å². The first kappa shape index (κ1) is 15.6. The minimum absolute atomic E-state index is 0.0966. The molecule has 1 amide bonds. The topological polar surface area (TPSA) is 34.0 Å². The van der Waals surface area contributed by atoms with Gasteiger partial charge in [-0.2, -0.15) is 0 Å². The lowest BCUT2D eigenvalue weighted by molar-refractivity contribution is -0.122. The highest BCUT2D eigenvalue weighted by molar-refractivity contribution is 5.83. The fourth-order valence-electron chi connectivity index (χ4n) is 2.70. The molecule has 0 bridgehead atoms. The molecule has 3 nitrogen and oxygen atoms in total. The predicted octanol–water partition coefficient (Wildman–Crippen LogP) is 4.12. The number of hydrogen-bond acceptors (Lipinski definition) is 1. The molecule has 21 heavy (non-hydrogen) atoms. The van der Waals surface area contributed by atoms with Crippen LogP contribution in [0.25, 0.3) is 10.9 Å². The van der Waals surface area contributed by atoms with Crippen molar-refractivity contribution >= 4 is 16.8 Å². The second-order valence-corrected chi connectivity index (χ2v) is 5.82. The van der Waals surface area contributed by atoms with E-state index in [4.69, 9.17) is 0 Å². The van der Waals surface area contributed by atoms with Crippen LogP contribution in [0.2, 0.25) is 0 Å². The average Bonchev–Trinajstić information content (AvgIpc) is 2.87. The summed E-state index contributed by atoms with van der Waals surface area (Å²) in [6.07, 6.45) is 8.05. The van der Waals surface area contributed by atoms with Crippen LogP contribution in [-0.2, 0) is 11.3 Å². The molecule has 1 heterocycles. The van der Waals surface area contributed by atoms with E-state index in [2.05, 4.69) is 37.4 Å². The summed E-state index contributed by atoms with van der Waals surface area (Å²) in [5.74, 6) is 0.0966. The van der Waals surface area contributed by atoms with E-state index in [9.17, 15) is 4.79 Å². The molecule has 1 N–H and O–H groups in total. The molecule has 114 valence electrons. The summed E-state index contributed by atoms with van der Waals surface area (Å²) in [5, 5.41) is 4.28. The van der Waals surface area contributed by atoms with Crippen LogP contribution in [0.5, 0.6) is 0 Å². The van der Waals surface area contributed by atoms with Crippen LogP contribution < -0.4 is 5.32 Å². The first-order chi connectivity index (χ1) is 10.2. The standard InChI is InChI=1S/C18H26N2O/c1-3-4-5-6-9-15(2)19-18(21)14-20-13-12-16-10-7-8-11-17(16)20/h7-8,10-13,15H,3-6,9,14H2,1-2H3,(H,19,21)/t15-/m0/s1. The van der Waals surface area contributed by atoms with Crippen molar-refractivity contribution in [3.8, 4) is 0 Å². The second kappa shape index (κ2) is 7.87. The highest BCUT2D eigenvalue weighted by Gasteiger charge is 2.09. The molecule has 3 heteroatoms. The van der Waals surface area contributed by atoms with E-state index in [1.165, 1.54) is 31.1 Å². The zero-order valence-electron chi connectivity index (χ0n) is 13.1. The van der Waals surface area contributed by atoms with Crippen molar-refractivity contribution < 1.29 is 4.79 Å². The van der Waals surface area contributed by atoms with Gasteiger partial charge in [-0.25, -0.2) is 0 Å². The van der Waals surface area contributed by atoms with E-state index in [0.717, 1.165) is 11.9 Å². The maximum absolute atomic E-state index is 12.1. The molecule has 0 saturated carbocycles. The van der Waals surface area contributed by atoms with Crippen molar-refractivity contribution in [2.24, 2.45) is 0 Å². The Hall–Kier alpha value is -1.77. The first-order valence-corrected chi connectivity index (χ1v) is 8.04. The number of amides is 1. The van der Waals surface area contributed by atoms with E-state index in [-0.39, 0.29) is 11.9 Å². The third-order valence-corrected chi connectivity index (χ3v) is 3.89. The van der Waals surface area contributed by atoms with Gasteiger partial charge in [0.05, 0.1) is 0 Å². The van der Waals surface area contributed by atoms with Gasteiger partial charge in [0.15, 0.2) is 0 Å². The molecular formula is C18H26N2O. The van der Waals surface area contributed by atoms with Crippen molar-refractivity contribution in [2.75, 3.05) is 0 Å². The molecule has 0 saturated heterocycles. The molecule has 0 radical (unpaired) electrons. The monoisotopic (exact) mass is 286 g/mol. The Morgan fingerprint density at radius 3 is 2.81 bits per heavy atom. The van der Waals surface area contributed by atoms with Crippen LogP contribution in [0.15, 0.2) is 36.5 Å². The van der Waals surface area contributed by atoms with Gasteiger partial charge in [-0.15, -0.1) is 0 Å². The van der Waals surface area contributed by atoms with Gasteiger partial charge in [0, 0.05) is 17.8 Å². The smallest absolute Gasteiger partial charge is 0.240 e. The summed E-state index contributed by atoms with van der Waals surface area (Å²) < 4.78 is 2.01.